The van der Waals surface area contributed by atoms with Crippen molar-refractivity contribution in [1.29, 1.82) is 0 Å². The fourth-order valence-corrected chi connectivity index (χ4v) is 4.47. The summed E-state index contributed by atoms with van der Waals surface area (Å²) in [5, 5.41) is 14.8. The first kappa shape index (κ1) is 18.8. The fourth-order valence-electron chi connectivity index (χ4n) is 3.52. The van der Waals surface area contributed by atoms with E-state index in [0.717, 1.165) is 27.8 Å². The summed E-state index contributed by atoms with van der Waals surface area (Å²) in [5.74, 6) is -0.00102. The predicted molar refractivity (Wildman–Crippen MR) is 117 cm³/mol. The number of nitrogens with zero attached hydrogens (tertiary/aromatic N) is 4. The molecule has 3 heterocycles. The molecule has 0 radical (unpaired) electrons. The summed E-state index contributed by atoms with van der Waals surface area (Å²) in [7, 11) is 0. The van der Waals surface area contributed by atoms with Crippen molar-refractivity contribution in [1.82, 2.24) is 19.8 Å². The van der Waals surface area contributed by atoms with Crippen LogP contribution in [0.2, 0.25) is 5.02 Å². The van der Waals surface area contributed by atoms with Crippen LogP contribution in [0, 0.1) is 13.8 Å². The highest BCUT2D eigenvalue weighted by molar-refractivity contribution is 7.15. The Kier molecular flexibility index (Phi) is 4.52. The van der Waals surface area contributed by atoms with E-state index >= 15 is 0 Å². The third-order valence-corrected chi connectivity index (χ3v) is 5.86. The first-order chi connectivity index (χ1) is 14.5. The van der Waals surface area contributed by atoms with Crippen molar-refractivity contribution in [3.05, 3.63) is 63.6 Å². The van der Waals surface area contributed by atoms with Gasteiger partial charge in [-0.2, -0.15) is 4.98 Å². The highest BCUT2D eigenvalue weighted by atomic mass is 35.5. The van der Waals surface area contributed by atoms with E-state index < -0.39 is 0 Å². The molecule has 0 aliphatic rings. The molecule has 2 aromatic carbocycles. The number of thiazole rings is 1. The third kappa shape index (κ3) is 3.34. The number of rotatable bonds is 4. The van der Waals surface area contributed by atoms with Gasteiger partial charge in [-0.05, 0) is 43.2 Å². The number of amides is 1. The van der Waals surface area contributed by atoms with Gasteiger partial charge in [-0.1, -0.05) is 35.0 Å². The van der Waals surface area contributed by atoms with Gasteiger partial charge in [0, 0.05) is 21.4 Å². The summed E-state index contributed by atoms with van der Waals surface area (Å²) in [6, 6.07) is 11.5. The molecular formula is C21H16ClN5O2S. The van der Waals surface area contributed by atoms with E-state index in [4.69, 9.17) is 16.1 Å². The SMILES string of the molecule is Cc1cc(C)c2c(CC(=O)Nc3nc4scc(-c5ccc(Cl)cc5)n4n3)noc2c1. The van der Waals surface area contributed by atoms with E-state index in [1.54, 1.807) is 4.52 Å². The molecule has 9 heteroatoms. The second-order valence-electron chi connectivity index (χ2n) is 7.07. The van der Waals surface area contributed by atoms with Crippen molar-refractivity contribution >= 4 is 50.7 Å². The van der Waals surface area contributed by atoms with Gasteiger partial charge in [-0.3, -0.25) is 10.1 Å². The molecule has 0 fully saturated rings. The maximum absolute atomic E-state index is 12.6. The molecule has 5 rings (SSSR count). The maximum Gasteiger partial charge on any atom is 0.250 e. The molecule has 3 aromatic heterocycles. The van der Waals surface area contributed by atoms with Crippen LogP contribution in [0.15, 0.2) is 46.3 Å². The van der Waals surface area contributed by atoms with Crippen LogP contribution in [0.25, 0.3) is 27.2 Å². The summed E-state index contributed by atoms with van der Waals surface area (Å²) in [6.45, 7) is 3.98. The van der Waals surface area contributed by atoms with Gasteiger partial charge in [-0.15, -0.1) is 16.4 Å². The van der Waals surface area contributed by atoms with E-state index in [0.29, 0.717) is 21.3 Å². The van der Waals surface area contributed by atoms with Crippen molar-refractivity contribution in [3.8, 4) is 11.3 Å². The molecule has 1 N–H and O–H groups in total. The van der Waals surface area contributed by atoms with Gasteiger partial charge < -0.3 is 4.52 Å². The molecule has 0 spiro atoms. The molecule has 0 unspecified atom stereocenters. The monoisotopic (exact) mass is 437 g/mol. The van der Waals surface area contributed by atoms with Crippen molar-refractivity contribution in [2.24, 2.45) is 0 Å². The van der Waals surface area contributed by atoms with Crippen LogP contribution in [-0.2, 0) is 11.2 Å². The van der Waals surface area contributed by atoms with E-state index in [9.17, 15) is 4.79 Å². The van der Waals surface area contributed by atoms with Gasteiger partial charge in [0.05, 0.1) is 12.1 Å². The molecule has 0 atom stereocenters. The largest absolute Gasteiger partial charge is 0.356 e. The van der Waals surface area contributed by atoms with Crippen LogP contribution in [0.5, 0.6) is 0 Å². The van der Waals surface area contributed by atoms with Crippen molar-refractivity contribution in [3.63, 3.8) is 0 Å². The quantitative estimate of drug-likeness (QED) is 0.425. The maximum atomic E-state index is 12.6. The first-order valence-corrected chi connectivity index (χ1v) is 10.5. The molecule has 30 heavy (non-hydrogen) atoms. The Labute approximate surface area is 180 Å². The molecule has 7 nitrogen and oxygen atoms in total. The van der Waals surface area contributed by atoms with Gasteiger partial charge in [0.15, 0.2) is 5.58 Å². The Morgan fingerprint density at radius 1 is 1.23 bits per heavy atom. The summed E-state index contributed by atoms with van der Waals surface area (Å²) < 4.78 is 7.11. The minimum Gasteiger partial charge on any atom is -0.356 e. The summed E-state index contributed by atoms with van der Waals surface area (Å²) >= 11 is 7.42. The minimum atomic E-state index is -0.253. The highest BCUT2D eigenvalue weighted by Crippen LogP contribution is 2.27. The predicted octanol–water partition coefficient (Wildman–Crippen LogP) is 5.05. The van der Waals surface area contributed by atoms with E-state index in [1.807, 2.05) is 55.6 Å². The zero-order valence-electron chi connectivity index (χ0n) is 16.1. The second-order valence-corrected chi connectivity index (χ2v) is 8.34. The standard InChI is InChI=1S/C21H16ClN5O2S/c1-11-7-12(2)19-15(26-29-17(19)8-11)9-18(28)23-20-24-21-27(25-20)16(10-30-21)13-3-5-14(22)6-4-13/h3-8,10H,9H2,1-2H3,(H,23,25,28). The molecule has 0 aliphatic heterocycles. The Balaban J connectivity index is 1.38. The van der Waals surface area contributed by atoms with Gasteiger partial charge in [-0.25, -0.2) is 4.52 Å². The number of aryl methyl sites for hydroxylation is 2. The van der Waals surface area contributed by atoms with Gasteiger partial charge in [0.1, 0.15) is 5.69 Å². The van der Waals surface area contributed by atoms with Crippen molar-refractivity contribution in [2.75, 3.05) is 5.32 Å². The van der Waals surface area contributed by atoms with Crippen molar-refractivity contribution < 1.29 is 9.32 Å². The van der Waals surface area contributed by atoms with Crippen LogP contribution in [0.4, 0.5) is 5.95 Å². The van der Waals surface area contributed by atoms with Crippen LogP contribution >= 0.6 is 22.9 Å². The molecule has 5 aromatic rings. The van der Waals surface area contributed by atoms with Gasteiger partial charge in [0.25, 0.3) is 0 Å². The zero-order valence-corrected chi connectivity index (χ0v) is 17.7. The second kappa shape index (κ2) is 7.23. The number of nitrogens with one attached hydrogen (secondary N) is 1. The highest BCUT2D eigenvalue weighted by Gasteiger charge is 2.17. The smallest absolute Gasteiger partial charge is 0.250 e. The van der Waals surface area contributed by atoms with Gasteiger partial charge in [0.2, 0.25) is 16.8 Å². The zero-order chi connectivity index (χ0) is 20.8. The minimum absolute atomic E-state index is 0.0772. The number of hydrogen-bond acceptors (Lipinski definition) is 6. The Morgan fingerprint density at radius 2 is 2.03 bits per heavy atom. The molecule has 1 amide bonds. The molecule has 0 saturated heterocycles. The average molecular weight is 438 g/mol. The number of hydrogen-bond donors (Lipinski definition) is 1. The van der Waals surface area contributed by atoms with E-state index in [1.165, 1.54) is 11.3 Å². The Morgan fingerprint density at radius 3 is 2.83 bits per heavy atom. The molecule has 150 valence electrons. The number of carbonyl (C=O) groups excluding carboxylic acids is 1. The Bertz CT molecular complexity index is 1400. The number of benzene rings is 2. The normalized spacial score (nSPS) is 11.4. The van der Waals surface area contributed by atoms with E-state index in [-0.39, 0.29) is 18.3 Å². The Hall–Kier alpha value is -3.23. The number of aromatic nitrogens is 4. The first-order valence-electron chi connectivity index (χ1n) is 9.23. The lowest BCUT2D eigenvalue weighted by molar-refractivity contribution is -0.115. The van der Waals surface area contributed by atoms with E-state index in [2.05, 4.69) is 20.6 Å². The third-order valence-electron chi connectivity index (χ3n) is 4.79. The van der Waals surface area contributed by atoms with Crippen LogP contribution < -0.4 is 5.32 Å². The number of anilines is 1. The average Bonchev–Trinajstić information content (AvgIpc) is 3.37. The molecule has 0 aliphatic carbocycles. The number of carbonyl (C=O) groups is 1. The van der Waals surface area contributed by atoms with Crippen LogP contribution in [0.1, 0.15) is 16.8 Å². The lowest BCUT2D eigenvalue weighted by Crippen LogP contribution is -2.16. The van der Waals surface area contributed by atoms with Gasteiger partial charge >= 0.3 is 0 Å². The topological polar surface area (TPSA) is 85.3 Å². The fraction of sp³-hybridized carbons (Fsp3) is 0.143. The lowest BCUT2D eigenvalue weighted by atomic mass is 10.0. The van der Waals surface area contributed by atoms with Crippen LogP contribution in [0.3, 0.4) is 0 Å². The molecule has 0 bridgehead atoms. The number of halogens is 1. The molecule has 0 saturated carbocycles. The summed E-state index contributed by atoms with van der Waals surface area (Å²) in [4.78, 5) is 17.7. The number of fused-ring (bicyclic) bond motifs is 2. The lowest BCUT2D eigenvalue weighted by Gasteiger charge is -2.01. The summed E-state index contributed by atoms with van der Waals surface area (Å²) in [5.41, 5.74) is 5.25. The molecular weight excluding hydrogens is 422 g/mol. The van der Waals surface area contributed by atoms with Crippen molar-refractivity contribution in [2.45, 2.75) is 20.3 Å². The summed E-state index contributed by atoms with van der Waals surface area (Å²) in [6.07, 6.45) is 0.0772. The van der Waals surface area contributed by atoms with Crippen LogP contribution in [-0.4, -0.2) is 25.7 Å².